The van der Waals surface area contributed by atoms with Crippen LogP contribution in [-0.4, -0.2) is 31.3 Å². The van der Waals surface area contributed by atoms with Gasteiger partial charge in [0.2, 0.25) is 0 Å². The molecule has 1 fully saturated rings. The Balaban J connectivity index is 1.66. The second-order valence-corrected chi connectivity index (χ2v) is 7.16. The van der Waals surface area contributed by atoms with Crippen LogP contribution in [-0.2, 0) is 23.4 Å². The minimum absolute atomic E-state index is 0.0859. The van der Waals surface area contributed by atoms with Crippen LogP contribution in [0, 0.1) is 15.9 Å². The normalized spacial score (nSPS) is 18.8. The highest BCUT2D eigenvalue weighted by Crippen LogP contribution is 2.31. The Kier molecular flexibility index (Phi) is 4.49. The topological polar surface area (TPSA) is 110 Å². The minimum atomic E-state index is -1.36. The number of imide groups is 1. The largest absolute Gasteiger partial charge is 0.327 e. The minimum Gasteiger partial charge on any atom is -0.327 e. The van der Waals surface area contributed by atoms with Crippen LogP contribution in [0.15, 0.2) is 42.5 Å². The van der Waals surface area contributed by atoms with E-state index in [1.165, 1.54) is 36.4 Å². The van der Waals surface area contributed by atoms with Gasteiger partial charge in [-0.3, -0.25) is 19.8 Å². The van der Waals surface area contributed by atoms with E-state index in [-0.39, 0.29) is 12.2 Å². The van der Waals surface area contributed by atoms with Crippen molar-refractivity contribution in [1.82, 2.24) is 19.8 Å². The first kappa shape index (κ1) is 19.5. The molecule has 10 heteroatoms. The van der Waals surface area contributed by atoms with Crippen molar-refractivity contribution < 1.29 is 18.9 Å². The van der Waals surface area contributed by atoms with Gasteiger partial charge >= 0.3 is 6.03 Å². The third-order valence-electron chi connectivity index (χ3n) is 5.34. The van der Waals surface area contributed by atoms with Gasteiger partial charge in [-0.25, -0.2) is 14.2 Å². The SMILES string of the molecule is CCn1c(CN2C(=O)NC(C)(c3ccc([N+](=O)[O-])cc3)C2=O)nc2cc(F)ccc21. The van der Waals surface area contributed by atoms with Gasteiger partial charge in [0.25, 0.3) is 11.6 Å². The molecular formula is C20H18FN5O4. The van der Waals surface area contributed by atoms with E-state index < -0.39 is 28.2 Å². The van der Waals surface area contributed by atoms with E-state index in [1.807, 2.05) is 11.5 Å². The summed E-state index contributed by atoms with van der Waals surface area (Å²) in [4.78, 5) is 41.5. The summed E-state index contributed by atoms with van der Waals surface area (Å²) in [5.41, 5.74) is 0.109. The van der Waals surface area contributed by atoms with E-state index in [2.05, 4.69) is 10.3 Å². The number of benzene rings is 2. The van der Waals surface area contributed by atoms with Gasteiger partial charge in [0.05, 0.1) is 22.5 Å². The Morgan fingerprint density at radius 2 is 1.90 bits per heavy atom. The number of carbonyl (C=O) groups is 2. The molecule has 0 radical (unpaired) electrons. The number of carbonyl (C=O) groups excluding carboxylic acids is 2. The van der Waals surface area contributed by atoms with Crippen LogP contribution >= 0.6 is 0 Å². The smallest absolute Gasteiger partial charge is 0.325 e. The molecule has 0 saturated carbocycles. The van der Waals surface area contributed by atoms with E-state index >= 15 is 0 Å². The lowest BCUT2D eigenvalue weighted by atomic mass is 9.92. The van der Waals surface area contributed by atoms with Crippen molar-refractivity contribution >= 4 is 28.7 Å². The lowest BCUT2D eigenvalue weighted by molar-refractivity contribution is -0.384. The van der Waals surface area contributed by atoms with Gasteiger partial charge in [-0.1, -0.05) is 0 Å². The number of rotatable bonds is 5. The number of nitrogens with one attached hydrogen (secondary N) is 1. The number of imidazole rings is 1. The van der Waals surface area contributed by atoms with Gasteiger partial charge in [0, 0.05) is 24.7 Å². The molecule has 154 valence electrons. The second-order valence-electron chi connectivity index (χ2n) is 7.16. The molecule has 1 aliphatic rings. The molecule has 0 aliphatic carbocycles. The first-order chi connectivity index (χ1) is 14.2. The Morgan fingerprint density at radius 3 is 2.53 bits per heavy atom. The molecule has 30 heavy (non-hydrogen) atoms. The molecule has 2 aromatic carbocycles. The summed E-state index contributed by atoms with van der Waals surface area (Å²) in [6.07, 6.45) is 0. The van der Waals surface area contributed by atoms with Crippen LogP contribution < -0.4 is 5.32 Å². The molecule has 0 bridgehead atoms. The molecule has 0 spiro atoms. The summed E-state index contributed by atoms with van der Waals surface area (Å²) >= 11 is 0. The maximum absolute atomic E-state index is 13.6. The number of fused-ring (bicyclic) bond motifs is 1. The van der Waals surface area contributed by atoms with E-state index in [1.54, 1.807) is 13.0 Å². The highest BCUT2D eigenvalue weighted by molar-refractivity contribution is 6.07. The van der Waals surface area contributed by atoms with Crippen molar-refractivity contribution in [3.63, 3.8) is 0 Å². The molecule has 9 nitrogen and oxygen atoms in total. The van der Waals surface area contributed by atoms with Crippen LogP contribution in [0.2, 0.25) is 0 Å². The molecule has 3 aromatic rings. The molecule has 4 rings (SSSR count). The van der Waals surface area contributed by atoms with E-state index in [9.17, 15) is 24.1 Å². The molecule has 1 aromatic heterocycles. The van der Waals surface area contributed by atoms with Crippen molar-refractivity contribution in [2.75, 3.05) is 0 Å². The standard InChI is InChI=1S/C20H18FN5O4/c1-3-24-16-9-6-13(21)10-15(16)22-17(24)11-25-18(27)20(2,23-19(25)28)12-4-7-14(8-5-12)26(29)30/h4-10H,3,11H2,1-2H3,(H,23,28). The number of non-ortho nitro benzene ring substituents is 1. The zero-order chi connectivity index (χ0) is 21.6. The number of nitro groups is 1. The van der Waals surface area contributed by atoms with Crippen molar-refractivity contribution in [2.24, 2.45) is 0 Å². The summed E-state index contributed by atoms with van der Waals surface area (Å²) in [6.45, 7) is 3.88. The number of aryl methyl sites for hydroxylation is 1. The fourth-order valence-electron chi connectivity index (χ4n) is 3.72. The molecule has 1 aliphatic heterocycles. The summed E-state index contributed by atoms with van der Waals surface area (Å²) < 4.78 is 15.4. The van der Waals surface area contributed by atoms with E-state index in [0.717, 1.165) is 4.90 Å². The predicted molar refractivity (Wildman–Crippen MR) is 105 cm³/mol. The summed E-state index contributed by atoms with van der Waals surface area (Å²) in [5, 5.41) is 13.5. The number of nitro benzene ring substituents is 1. The Morgan fingerprint density at radius 1 is 1.20 bits per heavy atom. The Bertz CT molecular complexity index is 1190. The van der Waals surface area contributed by atoms with Crippen molar-refractivity contribution in [3.05, 3.63) is 69.8 Å². The number of amides is 3. The van der Waals surface area contributed by atoms with Crippen LogP contribution in [0.25, 0.3) is 11.0 Å². The summed E-state index contributed by atoms with van der Waals surface area (Å²) in [7, 11) is 0. The fraction of sp³-hybridized carbons (Fsp3) is 0.250. The molecule has 1 N–H and O–H groups in total. The molecule has 1 unspecified atom stereocenters. The average Bonchev–Trinajstić information content (AvgIpc) is 3.17. The molecular weight excluding hydrogens is 393 g/mol. The highest BCUT2D eigenvalue weighted by atomic mass is 19.1. The number of hydrogen-bond donors (Lipinski definition) is 1. The Labute approximate surface area is 170 Å². The van der Waals surface area contributed by atoms with Crippen LogP contribution in [0.5, 0.6) is 0 Å². The van der Waals surface area contributed by atoms with Crippen molar-refractivity contribution in [1.29, 1.82) is 0 Å². The number of hydrogen-bond acceptors (Lipinski definition) is 5. The van der Waals surface area contributed by atoms with Gasteiger partial charge < -0.3 is 9.88 Å². The number of nitrogens with zero attached hydrogens (tertiary/aromatic N) is 4. The molecule has 1 saturated heterocycles. The van der Waals surface area contributed by atoms with Gasteiger partial charge in [-0.15, -0.1) is 0 Å². The van der Waals surface area contributed by atoms with Crippen LogP contribution in [0.3, 0.4) is 0 Å². The number of urea groups is 1. The number of aromatic nitrogens is 2. The van der Waals surface area contributed by atoms with Crippen LogP contribution in [0.4, 0.5) is 14.9 Å². The quantitative estimate of drug-likeness (QED) is 0.394. The first-order valence-electron chi connectivity index (χ1n) is 9.28. The summed E-state index contributed by atoms with van der Waals surface area (Å²) in [6, 6.07) is 9.12. The number of halogens is 1. The lowest BCUT2D eigenvalue weighted by Gasteiger charge is -2.22. The Hall–Kier alpha value is -3.82. The van der Waals surface area contributed by atoms with Crippen LogP contribution in [0.1, 0.15) is 25.2 Å². The summed E-state index contributed by atoms with van der Waals surface area (Å²) in [5.74, 6) is -0.465. The van der Waals surface area contributed by atoms with E-state index in [0.29, 0.717) is 29.0 Å². The molecule has 3 amide bonds. The fourth-order valence-corrected chi connectivity index (χ4v) is 3.72. The maximum atomic E-state index is 13.6. The van der Waals surface area contributed by atoms with E-state index in [4.69, 9.17) is 0 Å². The van der Waals surface area contributed by atoms with Crippen molar-refractivity contribution in [2.45, 2.75) is 32.5 Å². The van der Waals surface area contributed by atoms with Gasteiger partial charge in [-0.05, 0) is 43.7 Å². The van der Waals surface area contributed by atoms with Gasteiger partial charge in [0.1, 0.15) is 17.2 Å². The zero-order valence-electron chi connectivity index (χ0n) is 16.3. The van der Waals surface area contributed by atoms with Crippen molar-refractivity contribution in [3.8, 4) is 0 Å². The second kappa shape index (κ2) is 6.90. The molecule has 2 heterocycles. The lowest BCUT2D eigenvalue weighted by Crippen LogP contribution is -2.40. The average molecular weight is 411 g/mol. The monoisotopic (exact) mass is 411 g/mol. The maximum Gasteiger partial charge on any atom is 0.325 e. The first-order valence-corrected chi connectivity index (χ1v) is 9.28. The third-order valence-corrected chi connectivity index (χ3v) is 5.34. The predicted octanol–water partition coefficient (Wildman–Crippen LogP) is 3.07. The highest BCUT2D eigenvalue weighted by Gasteiger charge is 2.49. The zero-order valence-corrected chi connectivity index (χ0v) is 16.3. The molecule has 1 atom stereocenters. The van der Waals surface area contributed by atoms with Gasteiger partial charge in [0.15, 0.2) is 0 Å². The third kappa shape index (κ3) is 2.97. The van der Waals surface area contributed by atoms with Gasteiger partial charge in [-0.2, -0.15) is 0 Å².